The van der Waals surface area contributed by atoms with Crippen LogP contribution in [0.15, 0.2) is 60.7 Å². The zero-order valence-electron chi connectivity index (χ0n) is 24.0. The molecule has 0 radical (unpaired) electrons. The predicted octanol–water partition coefficient (Wildman–Crippen LogP) is 2.83. The number of carbonyl (C=O) groups excluding carboxylic acids is 3. The van der Waals surface area contributed by atoms with Crippen molar-refractivity contribution < 1.29 is 24.3 Å². The standard InChI is InChI=1S/C33H42N4O5/c38-30(21-25(18-22-10-3-1-4-11-22)35-31(39)26-15-9-17-34-26)36-27(19-23-12-5-2-6-13-23)32(40)37-28-16-8-7-14-24(28)20-29(37)33(41)42/h1-6,10-13,24-29,34H,7-9,14-21H2,(H,35,39)(H,36,38)(H,41,42). The maximum absolute atomic E-state index is 14.2. The molecule has 0 aromatic heterocycles. The second-order valence-electron chi connectivity index (χ2n) is 12.0. The lowest BCUT2D eigenvalue weighted by atomic mass is 9.84. The van der Waals surface area contributed by atoms with Crippen LogP contribution in [0.2, 0.25) is 0 Å². The van der Waals surface area contributed by atoms with Crippen molar-refractivity contribution in [3.05, 3.63) is 71.8 Å². The summed E-state index contributed by atoms with van der Waals surface area (Å²) in [5, 5.41) is 19.3. The number of aliphatic carboxylic acids is 1. The molecule has 1 saturated carbocycles. The second-order valence-corrected chi connectivity index (χ2v) is 12.0. The fraction of sp³-hybridized carbons (Fsp3) is 0.515. The number of nitrogens with one attached hydrogen (secondary N) is 3. The Kier molecular flexibility index (Phi) is 9.89. The average Bonchev–Trinajstić information content (AvgIpc) is 3.66. The highest BCUT2D eigenvalue weighted by atomic mass is 16.4. The fourth-order valence-corrected chi connectivity index (χ4v) is 6.99. The Hall–Kier alpha value is -3.72. The molecule has 3 fully saturated rings. The van der Waals surface area contributed by atoms with Crippen molar-refractivity contribution >= 4 is 23.7 Å². The van der Waals surface area contributed by atoms with E-state index in [2.05, 4.69) is 16.0 Å². The summed E-state index contributed by atoms with van der Waals surface area (Å²) in [7, 11) is 0. The molecule has 1 aliphatic carbocycles. The maximum Gasteiger partial charge on any atom is 0.326 e. The van der Waals surface area contributed by atoms with Gasteiger partial charge in [-0.3, -0.25) is 14.4 Å². The first kappa shape index (κ1) is 29.8. The summed E-state index contributed by atoms with van der Waals surface area (Å²) in [4.78, 5) is 54.6. The van der Waals surface area contributed by atoms with Crippen LogP contribution in [0, 0.1) is 5.92 Å². The molecule has 0 bridgehead atoms. The number of nitrogens with zero attached hydrogens (tertiary/aromatic N) is 1. The molecule has 3 amide bonds. The minimum absolute atomic E-state index is 0.000334. The van der Waals surface area contributed by atoms with Crippen LogP contribution in [-0.4, -0.2) is 70.5 Å². The quantitative estimate of drug-likeness (QED) is 0.327. The lowest BCUT2D eigenvalue weighted by Crippen LogP contribution is -2.56. The number of likely N-dealkylation sites (tertiary alicyclic amines) is 1. The number of amides is 3. The fourth-order valence-electron chi connectivity index (χ4n) is 6.99. The molecular formula is C33H42N4O5. The van der Waals surface area contributed by atoms with Crippen LogP contribution in [0.4, 0.5) is 0 Å². The van der Waals surface area contributed by atoms with Crippen molar-refractivity contribution in [2.75, 3.05) is 6.54 Å². The van der Waals surface area contributed by atoms with E-state index in [1.165, 1.54) is 0 Å². The van der Waals surface area contributed by atoms with Crippen LogP contribution in [0.25, 0.3) is 0 Å². The Balaban J connectivity index is 1.34. The van der Waals surface area contributed by atoms with E-state index in [1.807, 2.05) is 60.7 Å². The molecule has 2 heterocycles. The SMILES string of the molecule is O=C(CC(Cc1ccccc1)NC(=O)C1CCCN1)NC(Cc1ccccc1)C(=O)N1C(C(=O)O)CC2CCCCC21. The van der Waals surface area contributed by atoms with Gasteiger partial charge in [0, 0.05) is 24.9 Å². The number of rotatable bonds is 11. The van der Waals surface area contributed by atoms with Crippen LogP contribution >= 0.6 is 0 Å². The van der Waals surface area contributed by atoms with Crippen molar-refractivity contribution in [1.29, 1.82) is 0 Å². The van der Waals surface area contributed by atoms with E-state index in [0.29, 0.717) is 12.8 Å². The van der Waals surface area contributed by atoms with Crippen molar-refractivity contribution in [2.45, 2.75) is 94.4 Å². The smallest absolute Gasteiger partial charge is 0.326 e. The summed E-state index contributed by atoms with van der Waals surface area (Å²) in [6.45, 7) is 0.793. The number of hydrogen-bond acceptors (Lipinski definition) is 5. The first-order valence-corrected chi connectivity index (χ1v) is 15.3. The minimum Gasteiger partial charge on any atom is -0.480 e. The number of carboxylic acids is 1. The van der Waals surface area contributed by atoms with Gasteiger partial charge in [-0.25, -0.2) is 4.79 Å². The molecule has 42 heavy (non-hydrogen) atoms. The number of carboxylic acid groups (broad SMARTS) is 1. The summed E-state index contributed by atoms with van der Waals surface area (Å²) in [6, 6.07) is 16.5. The number of fused-ring (bicyclic) bond motifs is 1. The zero-order chi connectivity index (χ0) is 29.5. The minimum atomic E-state index is -0.992. The van der Waals surface area contributed by atoms with Gasteiger partial charge >= 0.3 is 5.97 Å². The van der Waals surface area contributed by atoms with Crippen molar-refractivity contribution in [2.24, 2.45) is 5.92 Å². The molecule has 3 aliphatic rings. The lowest BCUT2D eigenvalue weighted by molar-refractivity contribution is -0.151. The highest BCUT2D eigenvalue weighted by Gasteiger charge is 2.49. The van der Waals surface area contributed by atoms with Gasteiger partial charge < -0.3 is 26.0 Å². The van der Waals surface area contributed by atoms with Gasteiger partial charge in [0.2, 0.25) is 17.7 Å². The van der Waals surface area contributed by atoms with Crippen LogP contribution in [0.1, 0.15) is 62.5 Å². The van der Waals surface area contributed by atoms with Crippen LogP contribution in [-0.2, 0) is 32.0 Å². The summed E-state index contributed by atoms with van der Waals surface area (Å²) in [6.07, 6.45) is 6.59. The third-order valence-corrected chi connectivity index (χ3v) is 9.02. The third-order valence-electron chi connectivity index (χ3n) is 9.02. The molecule has 2 saturated heterocycles. The van der Waals surface area contributed by atoms with Gasteiger partial charge in [0.1, 0.15) is 12.1 Å². The van der Waals surface area contributed by atoms with Crippen LogP contribution < -0.4 is 16.0 Å². The molecule has 9 nitrogen and oxygen atoms in total. The van der Waals surface area contributed by atoms with E-state index in [4.69, 9.17) is 0 Å². The monoisotopic (exact) mass is 574 g/mol. The molecule has 6 atom stereocenters. The summed E-state index contributed by atoms with van der Waals surface area (Å²) >= 11 is 0. The van der Waals surface area contributed by atoms with E-state index < -0.39 is 24.1 Å². The Bertz CT molecular complexity index is 1230. The third kappa shape index (κ3) is 7.37. The number of benzene rings is 2. The average molecular weight is 575 g/mol. The topological polar surface area (TPSA) is 128 Å². The highest BCUT2D eigenvalue weighted by Crippen LogP contribution is 2.40. The van der Waals surface area contributed by atoms with Gasteiger partial charge in [0.15, 0.2) is 0 Å². The van der Waals surface area contributed by atoms with E-state index in [9.17, 15) is 24.3 Å². The van der Waals surface area contributed by atoms with Gasteiger partial charge in [0.25, 0.3) is 0 Å². The molecule has 6 unspecified atom stereocenters. The second kappa shape index (κ2) is 14.0. The van der Waals surface area contributed by atoms with Crippen LogP contribution in [0.3, 0.4) is 0 Å². The molecule has 2 aromatic rings. The summed E-state index contributed by atoms with van der Waals surface area (Å²) < 4.78 is 0. The molecule has 4 N–H and O–H groups in total. The number of carbonyl (C=O) groups is 4. The molecular weight excluding hydrogens is 532 g/mol. The molecule has 5 rings (SSSR count). The van der Waals surface area contributed by atoms with Gasteiger partial charge in [-0.15, -0.1) is 0 Å². The Morgan fingerprint density at radius 1 is 0.857 bits per heavy atom. The maximum atomic E-state index is 14.2. The molecule has 224 valence electrons. The van der Waals surface area contributed by atoms with E-state index in [-0.39, 0.29) is 48.6 Å². The van der Waals surface area contributed by atoms with Gasteiger partial charge in [-0.2, -0.15) is 0 Å². The normalized spacial score (nSPS) is 24.8. The van der Waals surface area contributed by atoms with Crippen molar-refractivity contribution in [1.82, 2.24) is 20.9 Å². The molecule has 2 aromatic carbocycles. The Morgan fingerprint density at radius 3 is 2.17 bits per heavy atom. The van der Waals surface area contributed by atoms with Crippen molar-refractivity contribution in [3.8, 4) is 0 Å². The van der Waals surface area contributed by atoms with Gasteiger partial charge in [0.05, 0.1) is 6.04 Å². The van der Waals surface area contributed by atoms with Gasteiger partial charge in [-0.05, 0) is 62.1 Å². The first-order chi connectivity index (χ1) is 20.4. The Morgan fingerprint density at radius 2 is 1.52 bits per heavy atom. The molecule has 9 heteroatoms. The van der Waals surface area contributed by atoms with E-state index in [0.717, 1.165) is 56.2 Å². The summed E-state index contributed by atoms with van der Waals surface area (Å²) in [5.41, 5.74) is 1.88. The zero-order valence-corrected chi connectivity index (χ0v) is 24.0. The summed E-state index contributed by atoms with van der Waals surface area (Å²) in [5.74, 6) is -1.63. The first-order valence-electron chi connectivity index (χ1n) is 15.3. The molecule has 2 aliphatic heterocycles. The van der Waals surface area contributed by atoms with E-state index >= 15 is 0 Å². The Labute approximate surface area is 247 Å². The number of hydrogen-bond donors (Lipinski definition) is 4. The molecule has 0 spiro atoms. The predicted molar refractivity (Wildman–Crippen MR) is 158 cm³/mol. The largest absolute Gasteiger partial charge is 0.480 e. The van der Waals surface area contributed by atoms with Crippen molar-refractivity contribution in [3.63, 3.8) is 0 Å². The lowest BCUT2D eigenvalue weighted by Gasteiger charge is -2.35. The van der Waals surface area contributed by atoms with Gasteiger partial charge in [-0.1, -0.05) is 73.5 Å². The van der Waals surface area contributed by atoms with Crippen LogP contribution in [0.5, 0.6) is 0 Å². The van der Waals surface area contributed by atoms with E-state index in [1.54, 1.807) is 4.90 Å². The highest BCUT2D eigenvalue weighted by molar-refractivity contribution is 5.92.